The van der Waals surface area contributed by atoms with E-state index in [0.29, 0.717) is 5.39 Å². The Hall–Kier alpha value is -1.20. The molecule has 1 aliphatic rings. The van der Waals surface area contributed by atoms with Crippen molar-refractivity contribution in [2.45, 2.75) is 18.9 Å². The lowest BCUT2D eigenvalue weighted by Gasteiger charge is -2.24. The van der Waals surface area contributed by atoms with E-state index >= 15 is 0 Å². The van der Waals surface area contributed by atoms with Crippen molar-refractivity contribution in [3.05, 3.63) is 39.4 Å². The van der Waals surface area contributed by atoms with Crippen LogP contribution in [0.3, 0.4) is 0 Å². The maximum absolute atomic E-state index is 12.4. The van der Waals surface area contributed by atoms with Crippen LogP contribution < -0.4 is 10.9 Å². The summed E-state index contributed by atoms with van der Waals surface area (Å²) in [6, 6.07) is 5.82. The minimum absolute atomic E-state index is 0.0567. The van der Waals surface area contributed by atoms with Crippen LogP contribution in [0.25, 0.3) is 10.9 Å². The molecule has 2 heterocycles. The number of halogens is 1. The van der Waals surface area contributed by atoms with E-state index in [-0.39, 0.29) is 11.6 Å². The number of aromatic nitrogens is 2. The normalized spacial score (nSPS) is 20.2. The van der Waals surface area contributed by atoms with Gasteiger partial charge in [0.25, 0.3) is 5.56 Å². The fourth-order valence-electron chi connectivity index (χ4n) is 2.44. The van der Waals surface area contributed by atoms with Crippen molar-refractivity contribution in [3.63, 3.8) is 0 Å². The van der Waals surface area contributed by atoms with Crippen LogP contribution in [0, 0.1) is 0 Å². The second kappa shape index (κ2) is 4.82. The lowest BCUT2D eigenvalue weighted by atomic mass is 10.1. The quantitative estimate of drug-likeness (QED) is 0.877. The molecule has 2 aromatic rings. The van der Waals surface area contributed by atoms with Gasteiger partial charge in [-0.15, -0.1) is 0 Å². The molecule has 1 saturated heterocycles. The van der Waals surface area contributed by atoms with Crippen LogP contribution in [-0.2, 0) is 0 Å². The van der Waals surface area contributed by atoms with Gasteiger partial charge < -0.3 is 5.32 Å². The summed E-state index contributed by atoms with van der Waals surface area (Å²) in [5.41, 5.74) is 0.801. The molecule has 0 radical (unpaired) electrons. The summed E-state index contributed by atoms with van der Waals surface area (Å²) in [6.45, 7) is 1.89. The molecule has 3 rings (SSSR count). The van der Waals surface area contributed by atoms with Crippen LogP contribution in [-0.4, -0.2) is 22.6 Å². The molecular weight excluding hydrogens is 294 g/mol. The van der Waals surface area contributed by atoms with Crippen molar-refractivity contribution in [2.75, 3.05) is 13.1 Å². The fraction of sp³-hybridized carbons (Fsp3) is 0.385. The molecule has 1 N–H and O–H groups in total. The van der Waals surface area contributed by atoms with Gasteiger partial charge >= 0.3 is 0 Å². The highest BCUT2D eigenvalue weighted by Gasteiger charge is 2.17. The molecule has 0 bridgehead atoms. The van der Waals surface area contributed by atoms with E-state index in [1.54, 1.807) is 10.9 Å². The molecule has 1 aromatic heterocycles. The minimum atomic E-state index is 0.0567. The van der Waals surface area contributed by atoms with Gasteiger partial charge in [0.1, 0.15) is 0 Å². The number of nitrogens with one attached hydrogen (secondary N) is 1. The molecule has 0 saturated carbocycles. The van der Waals surface area contributed by atoms with Gasteiger partial charge in [-0.1, -0.05) is 15.9 Å². The summed E-state index contributed by atoms with van der Waals surface area (Å²) in [5.74, 6) is 0. The van der Waals surface area contributed by atoms with Gasteiger partial charge in [0.05, 0.1) is 23.3 Å². The monoisotopic (exact) mass is 307 g/mol. The van der Waals surface area contributed by atoms with E-state index in [1.165, 1.54) is 0 Å². The summed E-state index contributed by atoms with van der Waals surface area (Å²) < 4.78 is 2.71. The molecule has 1 fully saturated rings. The van der Waals surface area contributed by atoms with Crippen LogP contribution in [0.15, 0.2) is 33.8 Å². The first-order valence-electron chi connectivity index (χ1n) is 6.13. The van der Waals surface area contributed by atoms with Crippen LogP contribution in [0.5, 0.6) is 0 Å². The first-order chi connectivity index (χ1) is 8.75. The van der Waals surface area contributed by atoms with Crippen LogP contribution in [0.4, 0.5) is 0 Å². The number of hydrogen-bond acceptors (Lipinski definition) is 3. The topological polar surface area (TPSA) is 46.9 Å². The van der Waals surface area contributed by atoms with Crippen molar-refractivity contribution < 1.29 is 0 Å². The highest BCUT2D eigenvalue weighted by molar-refractivity contribution is 9.10. The van der Waals surface area contributed by atoms with Crippen LogP contribution >= 0.6 is 15.9 Å². The van der Waals surface area contributed by atoms with Crippen molar-refractivity contribution in [1.82, 2.24) is 14.9 Å². The SMILES string of the molecule is O=c1c2ccc(Br)cc2ncn1C1CCCNC1. The van der Waals surface area contributed by atoms with Gasteiger partial charge in [-0.05, 0) is 37.6 Å². The highest BCUT2D eigenvalue weighted by atomic mass is 79.9. The second-order valence-electron chi connectivity index (χ2n) is 4.62. The summed E-state index contributed by atoms with van der Waals surface area (Å²) in [5, 5.41) is 4.01. The van der Waals surface area contributed by atoms with E-state index in [2.05, 4.69) is 26.2 Å². The number of nitrogens with zero attached hydrogens (tertiary/aromatic N) is 2. The predicted molar refractivity (Wildman–Crippen MR) is 74.8 cm³/mol. The summed E-state index contributed by atoms with van der Waals surface area (Å²) in [4.78, 5) is 16.8. The van der Waals surface area contributed by atoms with Crippen LogP contribution in [0.1, 0.15) is 18.9 Å². The maximum atomic E-state index is 12.4. The van der Waals surface area contributed by atoms with Crippen molar-refractivity contribution in [1.29, 1.82) is 0 Å². The summed E-state index contributed by atoms with van der Waals surface area (Å²) in [7, 11) is 0. The maximum Gasteiger partial charge on any atom is 0.261 e. The van der Waals surface area contributed by atoms with Gasteiger partial charge in [-0.3, -0.25) is 9.36 Å². The van der Waals surface area contributed by atoms with E-state index in [9.17, 15) is 4.79 Å². The standard InChI is InChI=1S/C13H14BrN3O/c14-9-3-4-11-12(6-9)16-8-17(13(11)18)10-2-1-5-15-7-10/h3-4,6,8,10,15H,1-2,5,7H2. The average Bonchev–Trinajstić information content (AvgIpc) is 2.40. The minimum Gasteiger partial charge on any atom is -0.315 e. The Morgan fingerprint density at radius 1 is 1.44 bits per heavy atom. The third kappa shape index (κ3) is 2.08. The summed E-state index contributed by atoms with van der Waals surface area (Å²) >= 11 is 3.39. The molecule has 0 aliphatic carbocycles. The summed E-state index contributed by atoms with van der Waals surface area (Å²) in [6.07, 6.45) is 3.82. The number of fused-ring (bicyclic) bond motifs is 1. The molecule has 1 aliphatic heterocycles. The predicted octanol–water partition coefficient (Wildman–Crippen LogP) is 2.08. The van der Waals surface area contributed by atoms with E-state index in [0.717, 1.165) is 35.9 Å². The number of rotatable bonds is 1. The van der Waals surface area contributed by atoms with Gasteiger partial charge in [-0.25, -0.2) is 4.98 Å². The highest BCUT2D eigenvalue weighted by Crippen LogP contribution is 2.18. The van der Waals surface area contributed by atoms with Crippen molar-refractivity contribution in [2.24, 2.45) is 0 Å². The molecule has 0 amide bonds. The largest absolute Gasteiger partial charge is 0.315 e. The molecule has 4 nitrogen and oxygen atoms in total. The Bertz CT molecular complexity index is 632. The first-order valence-corrected chi connectivity index (χ1v) is 6.92. The third-order valence-electron chi connectivity index (χ3n) is 3.41. The van der Waals surface area contributed by atoms with Gasteiger partial charge in [0, 0.05) is 11.0 Å². The van der Waals surface area contributed by atoms with E-state index in [1.807, 2.05) is 18.2 Å². The Morgan fingerprint density at radius 2 is 2.33 bits per heavy atom. The average molecular weight is 308 g/mol. The second-order valence-corrected chi connectivity index (χ2v) is 5.53. The molecular formula is C13H14BrN3O. The lowest BCUT2D eigenvalue weighted by Crippen LogP contribution is -2.36. The Balaban J connectivity index is 2.11. The number of benzene rings is 1. The molecule has 1 aromatic carbocycles. The van der Waals surface area contributed by atoms with Gasteiger partial charge in [-0.2, -0.15) is 0 Å². The fourth-order valence-corrected chi connectivity index (χ4v) is 2.79. The van der Waals surface area contributed by atoms with Crippen molar-refractivity contribution >= 4 is 26.8 Å². The Labute approximate surface area is 113 Å². The molecule has 1 atom stereocenters. The number of piperidine rings is 1. The van der Waals surface area contributed by atoms with Crippen molar-refractivity contribution in [3.8, 4) is 0 Å². The zero-order chi connectivity index (χ0) is 12.5. The Morgan fingerprint density at radius 3 is 3.11 bits per heavy atom. The zero-order valence-corrected chi connectivity index (χ0v) is 11.5. The van der Waals surface area contributed by atoms with Gasteiger partial charge in [0.2, 0.25) is 0 Å². The molecule has 1 unspecified atom stereocenters. The number of hydrogen-bond donors (Lipinski definition) is 1. The van der Waals surface area contributed by atoms with E-state index < -0.39 is 0 Å². The van der Waals surface area contributed by atoms with Crippen LogP contribution in [0.2, 0.25) is 0 Å². The first kappa shape index (κ1) is 11.9. The molecule has 18 heavy (non-hydrogen) atoms. The molecule has 5 heteroatoms. The molecule has 94 valence electrons. The van der Waals surface area contributed by atoms with E-state index in [4.69, 9.17) is 0 Å². The van der Waals surface area contributed by atoms with Gasteiger partial charge in [0.15, 0.2) is 0 Å². The third-order valence-corrected chi connectivity index (χ3v) is 3.90. The smallest absolute Gasteiger partial charge is 0.261 e. The molecule has 0 spiro atoms. The Kier molecular flexibility index (Phi) is 3.18. The zero-order valence-electron chi connectivity index (χ0n) is 9.90. The lowest BCUT2D eigenvalue weighted by molar-refractivity contribution is 0.363.